The Labute approximate surface area is 96.4 Å². The third kappa shape index (κ3) is 2.87. The molecular formula is C10H11IN2O. The standard InChI is InChI=1S/C10H11IN2O/c11-7-2-1-3-9(6-7)13-10(14)12-8-4-5-8/h1-3,6,8H,4-5H2,(H2,12,13,14). The van der Waals surface area contributed by atoms with Gasteiger partial charge in [-0.2, -0.15) is 0 Å². The van der Waals surface area contributed by atoms with E-state index in [0.717, 1.165) is 22.1 Å². The molecule has 0 radical (unpaired) electrons. The molecule has 0 spiro atoms. The molecule has 0 aromatic heterocycles. The van der Waals surface area contributed by atoms with Gasteiger partial charge in [0.1, 0.15) is 0 Å². The van der Waals surface area contributed by atoms with Gasteiger partial charge in [-0.1, -0.05) is 6.07 Å². The third-order valence-electron chi connectivity index (χ3n) is 2.00. The van der Waals surface area contributed by atoms with Gasteiger partial charge in [-0.15, -0.1) is 0 Å². The molecule has 0 aliphatic heterocycles. The van der Waals surface area contributed by atoms with Gasteiger partial charge in [-0.3, -0.25) is 0 Å². The first-order chi connectivity index (χ1) is 6.74. The number of halogens is 1. The minimum absolute atomic E-state index is 0.102. The first-order valence-electron chi connectivity index (χ1n) is 4.57. The smallest absolute Gasteiger partial charge is 0.319 e. The van der Waals surface area contributed by atoms with Crippen molar-refractivity contribution < 1.29 is 4.79 Å². The molecule has 2 rings (SSSR count). The summed E-state index contributed by atoms with van der Waals surface area (Å²) in [6, 6.07) is 8.04. The highest BCUT2D eigenvalue weighted by atomic mass is 127. The molecule has 3 nitrogen and oxygen atoms in total. The number of urea groups is 1. The van der Waals surface area contributed by atoms with E-state index in [2.05, 4.69) is 33.2 Å². The molecule has 1 aliphatic rings. The lowest BCUT2D eigenvalue weighted by molar-refractivity contribution is 0.251. The van der Waals surface area contributed by atoms with Crippen LogP contribution < -0.4 is 10.6 Å². The average Bonchev–Trinajstić information content (AvgIpc) is 2.87. The maximum absolute atomic E-state index is 11.3. The molecule has 0 saturated heterocycles. The van der Waals surface area contributed by atoms with Crippen LogP contribution in [0.1, 0.15) is 12.8 Å². The molecule has 0 bridgehead atoms. The van der Waals surface area contributed by atoms with Crippen LogP contribution in [0.3, 0.4) is 0 Å². The topological polar surface area (TPSA) is 41.1 Å². The lowest BCUT2D eigenvalue weighted by Crippen LogP contribution is -2.30. The Hall–Kier alpha value is -0.780. The predicted molar refractivity (Wildman–Crippen MR) is 64.3 cm³/mol. The zero-order valence-corrected chi connectivity index (χ0v) is 9.74. The van der Waals surface area contributed by atoms with Gasteiger partial charge in [0, 0.05) is 15.3 Å². The van der Waals surface area contributed by atoms with Gasteiger partial charge in [-0.25, -0.2) is 4.79 Å². The second kappa shape index (κ2) is 4.16. The van der Waals surface area contributed by atoms with E-state index in [-0.39, 0.29) is 6.03 Å². The van der Waals surface area contributed by atoms with Crippen molar-refractivity contribution in [2.24, 2.45) is 0 Å². The normalized spacial score (nSPS) is 14.9. The first-order valence-corrected chi connectivity index (χ1v) is 5.65. The quantitative estimate of drug-likeness (QED) is 0.810. The average molecular weight is 302 g/mol. The number of rotatable bonds is 2. The molecule has 4 heteroatoms. The zero-order chi connectivity index (χ0) is 9.97. The molecule has 14 heavy (non-hydrogen) atoms. The van der Waals surface area contributed by atoms with Crippen LogP contribution >= 0.6 is 22.6 Å². The summed E-state index contributed by atoms with van der Waals surface area (Å²) in [5.74, 6) is 0. The summed E-state index contributed by atoms with van der Waals surface area (Å²) in [4.78, 5) is 11.3. The first kappa shape index (κ1) is 9.76. The van der Waals surface area contributed by atoms with Crippen molar-refractivity contribution in [3.05, 3.63) is 27.8 Å². The van der Waals surface area contributed by atoms with E-state index < -0.39 is 0 Å². The molecule has 1 saturated carbocycles. The summed E-state index contributed by atoms with van der Waals surface area (Å²) in [5.41, 5.74) is 0.843. The zero-order valence-electron chi connectivity index (χ0n) is 7.59. The fourth-order valence-electron chi connectivity index (χ4n) is 1.15. The number of hydrogen-bond acceptors (Lipinski definition) is 1. The Morgan fingerprint density at radius 2 is 2.21 bits per heavy atom. The highest BCUT2D eigenvalue weighted by Crippen LogP contribution is 2.19. The van der Waals surface area contributed by atoms with Crippen molar-refractivity contribution in [1.29, 1.82) is 0 Å². The minimum Gasteiger partial charge on any atom is -0.335 e. The van der Waals surface area contributed by atoms with Gasteiger partial charge in [0.25, 0.3) is 0 Å². The predicted octanol–water partition coefficient (Wildman–Crippen LogP) is 2.58. The van der Waals surface area contributed by atoms with Crippen LogP contribution in [0.25, 0.3) is 0 Å². The molecule has 2 amide bonds. The van der Waals surface area contributed by atoms with Gasteiger partial charge in [0.15, 0.2) is 0 Å². The summed E-state index contributed by atoms with van der Waals surface area (Å²) in [7, 11) is 0. The van der Waals surface area contributed by atoms with Crippen molar-refractivity contribution in [2.45, 2.75) is 18.9 Å². The lowest BCUT2D eigenvalue weighted by atomic mass is 10.3. The van der Waals surface area contributed by atoms with Gasteiger partial charge >= 0.3 is 6.03 Å². The summed E-state index contributed by atoms with van der Waals surface area (Å²) >= 11 is 2.22. The van der Waals surface area contributed by atoms with Gasteiger partial charge < -0.3 is 10.6 Å². The second-order valence-corrected chi connectivity index (χ2v) is 4.63. The molecule has 0 atom stereocenters. The maximum Gasteiger partial charge on any atom is 0.319 e. The number of nitrogens with one attached hydrogen (secondary N) is 2. The second-order valence-electron chi connectivity index (χ2n) is 3.38. The number of anilines is 1. The van der Waals surface area contributed by atoms with Crippen molar-refractivity contribution in [3.8, 4) is 0 Å². The van der Waals surface area contributed by atoms with E-state index in [1.54, 1.807) is 0 Å². The number of carbonyl (C=O) groups is 1. The molecule has 1 aromatic rings. The van der Waals surface area contributed by atoms with Crippen molar-refractivity contribution >= 4 is 34.3 Å². The fourth-order valence-corrected chi connectivity index (χ4v) is 1.69. The Balaban J connectivity index is 1.92. The van der Waals surface area contributed by atoms with Crippen LogP contribution in [0.15, 0.2) is 24.3 Å². The van der Waals surface area contributed by atoms with Gasteiger partial charge in [0.2, 0.25) is 0 Å². The van der Waals surface area contributed by atoms with Gasteiger partial charge in [0.05, 0.1) is 0 Å². The largest absolute Gasteiger partial charge is 0.335 e. The minimum atomic E-state index is -0.102. The van der Waals surface area contributed by atoms with E-state index in [4.69, 9.17) is 0 Å². The Kier molecular flexibility index (Phi) is 2.90. The molecule has 0 unspecified atom stereocenters. The fraction of sp³-hybridized carbons (Fsp3) is 0.300. The number of hydrogen-bond donors (Lipinski definition) is 2. The molecule has 0 heterocycles. The number of amides is 2. The molecule has 1 fully saturated rings. The molecular weight excluding hydrogens is 291 g/mol. The van der Waals surface area contributed by atoms with E-state index in [1.165, 1.54) is 0 Å². The van der Waals surface area contributed by atoms with E-state index >= 15 is 0 Å². The molecule has 1 aromatic carbocycles. The Morgan fingerprint density at radius 3 is 2.86 bits per heavy atom. The van der Waals surface area contributed by atoms with E-state index in [1.807, 2.05) is 24.3 Å². The van der Waals surface area contributed by atoms with Crippen LogP contribution in [-0.4, -0.2) is 12.1 Å². The Morgan fingerprint density at radius 1 is 1.43 bits per heavy atom. The highest BCUT2D eigenvalue weighted by molar-refractivity contribution is 14.1. The van der Waals surface area contributed by atoms with Gasteiger partial charge in [-0.05, 0) is 53.6 Å². The molecule has 1 aliphatic carbocycles. The van der Waals surface area contributed by atoms with E-state index in [0.29, 0.717) is 6.04 Å². The monoisotopic (exact) mass is 302 g/mol. The van der Waals surface area contributed by atoms with Crippen LogP contribution in [0.2, 0.25) is 0 Å². The van der Waals surface area contributed by atoms with Crippen LogP contribution in [0.4, 0.5) is 10.5 Å². The SMILES string of the molecule is O=C(Nc1cccc(I)c1)NC1CC1. The van der Waals surface area contributed by atoms with Crippen molar-refractivity contribution in [1.82, 2.24) is 5.32 Å². The van der Waals surface area contributed by atoms with E-state index in [9.17, 15) is 4.79 Å². The van der Waals surface area contributed by atoms with Crippen LogP contribution in [0.5, 0.6) is 0 Å². The molecule has 74 valence electrons. The summed E-state index contributed by atoms with van der Waals surface area (Å²) < 4.78 is 1.12. The number of carbonyl (C=O) groups excluding carboxylic acids is 1. The highest BCUT2D eigenvalue weighted by Gasteiger charge is 2.22. The summed E-state index contributed by atoms with van der Waals surface area (Å²) in [5, 5.41) is 5.67. The summed E-state index contributed by atoms with van der Waals surface area (Å²) in [6.45, 7) is 0. The van der Waals surface area contributed by atoms with Crippen molar-refractivity contribution in [2.75, 3.05) is 5.32 Å². The van der Waals surface area contributed by atoms with Crippen LogP contribution in [0, 0.1) is 3.57 Å². The Bertz CT molecular complexity index is 350. The van der Waals surface area contributed by atoms with Crippen LogP contribution in [-0.2, 0) is 0 Å². The maximum atomic E-state index is 11.3. The lowest BCUT2D eigenvalue weighted by Gasteiger charge is -2.06. The third-order valence-corrected chi connectivity index (χ3v) is 2.67. The van der Waals surface area contributed by atoms with Crippen molar-refractivity contribution in [3.63, 3.8) is 0 Å². The number of benzene rings is 1. The molecule has 2 N–H and O–H groups in total. The summed E-state index contributed by atoms with van der Waals surface area (Å²) in [6.07, 6.45) is 2.22.